The summed E-state index contributed by atoms with van der Waals surface area (Å²) in [5.74, 6) is 0.608. The van der Waals surface area contributed by atoms with Crippen molar-refractivity contribution in [2.75, 3.05) is 13.7 Å². The molecule has 6 heteroatoms. The summed E-state index contributed by atoms with van der Waals surface area (Å²) in [6, 6.07) is 9.87. The third kappa shape index (κ3) is 3.29. The van der Waals surface area contributed by atoms with Gasteiger partial charge in [-0.15, -0.1) is 0 Å². The SMILES string of the molecule is CCCN1C(=O)S/C(=C/c2cc(C)n(-c3ccc(OC)cc3)c2C)C1=O. The third-order valence-corrected chi connectivity index (χ3v) is 5.32. The van der Waals surface area contributed by atoms with Gasteiger partial charge in [-0.05, 0) is 74.0 Å². The summed E-state index contributed by atoms with van der Waals surface area (Å²) in [6.07, 6.45) is 2.58. The van der Waals surface area contributed by atoms with E-state index in [0.717, 1.165) is 46.6 Å². The zero-order chi connectivity index (χ0) is 18.8. The standard InChI is InChI=1S/C20H22N2O3S/c1-5-10-21-19(23)18(26-20(21)24)12-15-11-13(2)22(14(15)3)16-6-8-17(25-4)9-7-16/h6-9,11-12H,5,10H2,1-4H3/b18-12+. The largest absolute Gasteiger partial charge is 0.497 e. The highest BCUT2D eigenvalue weighted by atomic mass is 32.2. The maximum Gasteiger partial charge on any atom is 0.293 e. The van der Waals surface area contributed by atoms with Crippen LogP contribution < -0.4 is 4.74 Å². The first-order chi connectivity index (χ1) is 12.5. The molecular formula is C20H22N2O3S. The summed E-state index contributed by atoms with van der Waals surface area (Å²) < 4.78 is 7.34. The number of hydrogen-bond acceptors (Lipinski definition) is 4. The van der Waals surface area contributed by atoms with Crippen molar-refractivity contribution >= 4 is 29.0 Å². The number of methoxy groups -OCH3 is 1. The molecule has 3 rings (SSSR count). The van der Waals surface area contributed by atoms with Crippen LogP contribution in [0.5, 0.6) is 5.75 Å². The van der Waals surface area contributed by atoms with Crippen LogP contribution in [0.2, 0.25) is 0 Å². The number of carbonyl (C=O) groups is 2. The lowest BCUT2D eigenvalue weighted by molar-refractivity contribution is -0.122. The lowest BCUT2D eigenvalue weighted by Crippen LogP contribution is -2.28. The number of aromatic nitrogens is 1. The molecule has 2 amide bonds. The number of hydrogen-bond donors (Lipinski definition) is 0. The monoisotopic (exact) mass is 370 g/mol. The Kier molecular flexibility index (Phi) is 5.23. The molecule has 1 aliphatic rings. The average Bonchev–Trinajstić information content (AvgIpc) is 3.05. The van der Waals surface area contributed by atoms with Crippen molar-refractivity contribution in [3.8, 4) is 11.4 Å². The molecule has 5 nitrogen and oxygen atoms in total. The van der Waals surface area contributed by atoms with E-state index in [1.54, 1.807) is 7.11 Å². The molecule has 0 N–H and O–H groups in total. The van der Waals surface area contributed by atoms with Crippen LogP contribution in [0.25, 0.3) is 11.8 Å². The predicted octanol–water partition coefficient (Wildman–Crippen LogP) is 4.55. The average molecular weight is 370 g/mol. The van der Waals surface area contributed by atoms with Crippen LogP contribution in [0, 0.1) is 13.8 Å². The highest BCUT2D eigenvalue weighted by Gasteiger charge is 2.34. The highest BCUT2D eigenvalue weighted by molar-refractivity contribution is 8.18. The fourth-order valence-corrected chi connectivity index (χ4v) is 3.98. The van der Waals surface area contributed by atoms with Crippen molar-refractivity contribution in [1.29, 1.82) is 0 Å². The Morgan fingerprint density at radius 2 is 1.85 bits per heavy atom. The topological polar surface area (TPSA) is 51.5 Å². The quantitative estimate of drug-likeness (QED) is 0.725. The lowest BCUT2D eigenvalue weighted by atomic mass is 10.2. The van der Waals surface area contributed by atoms with Crippen molar-refractivity contribution < 1.29 is 14.3 Å². The van der Waals surface area contributed by atoms with E-state index in [2.05, 4.69) is 4.57 Å². The van der Waals surface area contributed by atoms with E-state index in [1.165, 1.54) is 4.90 Å². The highest BCUT2D eigenvalue weighted by Crippen LogP contribution is 2.33. The molecule has 2 heterocycles. The smallest absolute Gasteiger partial charge is 0.293 e. The van der Waals surface area contributed by atoms with E-state index < -0.39 is 0 Å². The van der Waals surface area contributed by atoms with Crippen LogP contribution in [0.4, 0.5) is 4.79 Å². The Hall–Kier alpha value is -2.47. The van der Waals surface area contributed by atoms with Crippen LogP contribution in [-0.2, 0) is 4.79 Å². The molecule has 1 aromatic heterocycles. The summed E-state index contributed by atoms with van der Waals surface area (Å²) in [5.41, 5.74) is 4.06. The molecule has 0 spiro atoms. The Balaban J connectivity index is 1.95. The van der Waals surface area contributed by atoms with E-state index in [4.69, 9.17) is 4.74 Å². The van der Waals surface area contributed by atoms with Gasteiger partial charge in [0, 0.05) is 23.6 Å². The third-order valence-electron chi connectivity index (χ3n) is 4.41. The first kappa shape index (κ1) is 18.3. The van der Waals surface area contributed by atoms with E-state index in [0.29, 0.717) is 11.4 Å². The van der Waals surface area contributed by atoms with E-state index >= 15 is 0 Å². The molecule has 0 aliphatic carbocycles. The number of imide groups is 1. The van der Waals surface area contributed by atoms with Crippen LogP contribution in [0.3, 0.4) is 0 Å². The first-order valence-corrected chi connectivity index (χ1v) is 9.36. The van der Waals surface area contributed by atoms with Gasteiger partial charge in [0.2, 0.25) is 0 Å². The van der Waals surface area contributed by atoms with Gasteiger partial charge in [-0.2, -0.15) is 0 Å². The lowest BCUT2D eigenvalue weighted by Gasteiger charge is -2.10. The van der Waals surface area contributed by atoms with Gasteiger partial charge < -0.3 is 9.30 Å². The summed E-state index contributed by atoms with van der Waals surface area (Å²) in [7, 11) is 1.64. The Labute approximate surface area is 157 Å². The van der Waals surface area contributed by atoms with Crippen molar-refractivity contribution in [1.82, 2.24) is 9.47 Å². The molecular weight excluding hydrogens is 348 g/mol. The number of nitrogens with zero attached hydrogens (tertiary/aromatic N) is 2. The Bertz CT molecular complexity index is 881. The molecule has 0 atom stereocenters. The molecule has 2 aromatic rings. The minimum Gasteiger partial charge on any atom is -0.497 e. The van der Waals surface area contributed by atoms with Gasteiger partial charge >= 0.3 is 0 Å². The molecule has 1 saturated heterocycles. The molecule has 0 saturated carbocycles. The number of benzene rings is 1. The number of aryl methyl sites for hydroxylation is 1. The molecule has 1 aromatic carbocycles. The zero-order valence-corrected chi connectivity index (χ0v) is 16.2. The van der Waals surface area contributed by atoms with Gasteiger partial charge in [-0.3, -0.25) is 14.5 Å². The van der Waals surface area contributed by atoms with Crippen molar-refractivity contribution in [3.05, 3.63) is 52.2 Å². The van der Waals surface area contributed by atoms with Gasteiger partial charge in [-0.25, -0.2) is 0 Å². The van der Waals surface area contributed by atoms with Crippen molar-refractivity contribution in [2.24, 2.45) is 0 Å². The summed E-state index contributed by atoms with van der Waals surface area (Å²) in [5, 5.41) is -0.188. The normalized spacial score (nSPS) is 16.0. The molecule has 1 fully saturated rings. The van der Waals surface area contributed by atoms with Gasteiger partial charge in [0.25, 0.3) is 11.1 Å². The first-order valence-electron chi connectivity index (χ1n) is 8.55. The van der Waals surface area contributed by atoms with E-state index in [1.807, 2.05) is 57.2 Å². The number of thioether (sulfide) groups is 1. The summed E-state index contributed by atoms with van der Waals surface area (Å²) >= 11 is 1.01. The Morgan fingerprint density at radius 1 is 1.15 bits per heavy atom. The van der Waals surface area contributed by atoms with Crippen molar-refractivity contribution in [3.63, 3.8) is 0 Å². The fraction of sp³-hybridized carbons (Fsp3) is 0.300. The van der Waals surface area contributed by atoms with Gasteiger partial charge in [-0.1, -0.05) is 6.92 Å². The van der Waals surface area contributed by atoms with Crippen LogP contribution >= 0.6 is 11.8 Å². The summed E-state index contributed by atoms with van der Waals surface area (Å²) in [6.45, 7) is 6.46. The second kappa shape index (κ2) is 7.41. The summed E-state index contributed by atoms with van der Waals surface area (Å²) in [4.78, 5) is 26.3. The number of ether oxygens (including phenoxy) is 1. The van der Waals surface area contributed by atoms with Crippen molar-refractivity contribution in [2.45, 2.75) is 27.2 Å². The molecule has 136 valence electrons. The van der Waals surface area contributed by atoms with Gasteiger partial charge in [0.15, 0.2) is 0 Å². The molecule has 1 aliphatic heterocycles. The number of rotatable bonds is 5. The maximum atomic E-state index is 12.4. The molecule has 0 unspecified atom stereocenters. The van der Waals surface area contributed by atoms with E-state index in [9.17, 15) is 9.59 Å². The van der Waals surface area contributed by atoms with Crippen LogP contribution in [-0.4, -0.2) is 34.3 Å². The number of carbonyl (C=O) groups excluding carboxylic acids is 2. The zero-order valence-electron chi connectivity index (χ0n) is 15.4. The van der Waals surface area contributed by atoms with E-state index in [-0.39, 0.29) is 11.1 Å². The van der Waals surface area contributed by atoms with Gasteiger partial charge in [0.1, 0.15) is 5.75 Å². The maximum absolute atomic E-state index is 12.4. The predicted molar refractivity (Wildman–Crippen MR) is 105 cm³/mol. The second-order valence-electron chi connectivity index (χ2n) is 6.19. The Morgan fingerprint density at radius 3 is 2.46 bits per heavy atom. The molecule has 26 heavy (non-hydrogen) atoms. The van der Waals surface area contributed by atoms with Gasteiger partial charge in [0.05, 0.1) is 12.0 Å². The second-order valence-corrected chi connectivity index (χ2v) is 7.19. The van der Waals surface area contributed by atoms with Crippen LogP contribution in [0.15, 0.2) is 35.2 Å². The van der Waals surface area contributed by atoms with Crippen LogP contribution in [0.1, 0.15) is 30.3 Å². The molecule has 0 radical (unpaired) electrons. The number of amides is 2. The minimum atomic E-state index is -0.198. The molecule has 0 bridgehead atoms. The minimum absolute atomic E-state index is 0.188. The fourth-order valence-electron chi connectivity index (χ4n) is 3.12.